The molecule has 2 saturated heterocycles. The van der Waals surface area contributed by atoms with Gasteiger partial charge in [-0.05, 0) is 55.1 Å². The Hall–Kier alpha value is -3.69. The van der Waals surface area contributed by atoms with Crippen molar-refractivity contribution in [3.63, 3.8) is 0 Å². The van der Waals surface area contributed by atoms with E-state index in [0.29, 0.717) is 24.1 Å². The smallest absolute Gasteiger partial charge is 0.337 e. The fourth-order valence-corrected chi connectivity index (χ4v) is 7.99. The van der Waals surface area contributed by atoms with E-state index >= 15 is 0 Å². The molecule has 9 nitrogen and oxygen atoms in total. The number of hydrogen-bond acceptors (Lipinski definition) is 5. The number of halogens is 4. The van der Waals surface area contributed by atoms with Gasteiger partial charge in [-0.1, -0.05) is 18.2 Å². The zero-order valence-electron chi connectivity index (χ0n) is 21.5. The Morgan fingerprint density at radius 2 is 1.90 bits per heavy atom. The van der Waals surface area contributed by atoms with Gasteiger partial charge < -0.3 is 20.4 Å². The zero-order valence-corrected chi connectivity index (χ0v) is 21.5. The van der Waals surface area contributed by atoms with Gasteiger partial charge in [0.25, 0.3) is 0 Å². The van der Waals surface area contributed by atoms with E-state index in [0.717, 1.165) is 11.8 Å². The van der Waals surface area contributed by atoms with Crippen LogP contribution in [0.1, 0.15) is 31.7 Å². The van der Waals surface area contributed by atoms with Crippen LogP contribution in [-0.4, -0.2) is 77.0 Å². The van der Waals surface area contributed by atoms with E-state index in [9.17, 15) is 42.0 Å². The maximum absolute atomic E-state index is 14.9. The lowest BCUT2D eigenvalue weighted by Gasteiger charge is -2.36. The number of alkyl halides is 4. The Bertz CT molecular complexity index is 1350. The first-order valence-corrected chi connectivity index (χ1v) is 13.3. The molecular formula is C27H27F4N5O4. The molecule has 212 valence electrons. The monoisotopic (exact) mass is 561 g/mol. The van der Waals surface area contributed by atoms with Crippen LogP contribution in [0.2, 0.25) is 0 Å². The van der Waals surface area contributed by atoms with Gasteiger partial charge in [-0.25, -0.2) is 4.39 Å². The van der Waals surface area contributed by atoms with Gasteiger partial charge in [-0.2, -0.15) is 18.4 Å². The van der Waals surface area contributed by atoms with E-state index in [1.54, 1.807) is 29.6 Å². The number of benzene rings is 1. The fourth-order valence-electron chi connectivity index (χ4n) is 7.99. The second-order valence-corrected chi connectivity index (χ2v) is 11.7. The highest BCUT2D eigenvalue weighted by molar-refractivity contribution is 6.07. The topological polar surface area (TPSA) is 123 Å². The molecule has 13 heteroatoms. The Labute approximate surface area is 226 Å². The number of anilines is 1. The third kappa shape index (κ3) is 3.71. The molecule has 3 aliphatic heterocycles. The third-order valence-corrected chi connectivity index (χ3v) is 9.70. The van der Waals surface area contributed by atoms with Crippen molar-refractivity contribution in [3.05, 3.63) is 29.8 Å². The molecule has 0 unspecified atom stereocenters. The number of nitrogens with one attached hydrogen (secondary N) is 2. The average molecular weight is 562 g/mol. The molecule has 1 spiro atoms. The highest BCUT2D eigenvalue weighted by atomic mass is 19.4. The fraction of sp³-hybridized carbons (Fsp3) is 0.593. The predicted octanol–water partition coefficient (Wildman–Crippen LogP) is 1.89. The number of likely N-dealkylation sites (tertiary alicyclic amines) is 2. The van der Waals surface area contributed by atoms with Gasteiger partial charge in [0, 0.05) is 25.2 Å². The normalized spacial score (nSPS) is 36.3. The van der Waals surface area contributed by atoms with Gasteiger partial charge in [-0.3, -0.25) is 19.2 Å². The molecule has 40 heavy (non-hydrogen) atoms. The van der Waals surface area contributed by atoms with Gasteiger partial charge in [0.05, 0.1) is 11.5 Å². The lowest BCUT2D eigenvalue weighted by Crippen LogP contribution is -2.57. The summed E-state index contributed by atoms with van der Waals surface area (Å²) in [5, 5.41) is 14.5. The number of carbonyl (C=O) groups is 4. The van der Waals surface area contributed by atoms with E-state index in [1.165, 1.54) is 4.90 Å². The summed E-state index contributed by atoms with van der Waals surface area (Å²) in [5.41, 5.74) is 0.0592. The molecule has 2 N–H and O–H groups in total. The van der Waals surface area contributed by atoms with E-state index in [2.05, 4.69) is 11.4 Å². The molecular weight excluding hydrogens is 534 g/mol. The van der Waals surface area contributed by atoms with Gasteiger partial charge in [0.15, 0.2) is 0 Å². The minimum absolute atomic E-state index is 0.0304. The number of amides is 4. The summed E-state index contributed by atoms with van der Waals surface area (Å²) in [4.78, 5) is 54.9. The summed E-state index contributed by atoms with van der Waals surface area (Å²) >= 11 is 0. The van der Waals surface area contributed by atoms with Crippen LogP contribution in [0.5, 0.6) is 0 Å². The molecule has 4 amide bonds. The number of rotatable bonds is 3. The van der Waals surface area contributed by atoms with Crippen LogP contribution in [0.3, 0.4) is 0 Å². The van der Waals surface area contributed by atoms with Crippen LogP contribution in [0, 0.1) is 35.0 Å². The van der Waals surface area contributed by atoms with Crippen LogP contribution in [-0.2, 0) is 24.6 Å². The van der Waals surface area contributed by atoms with Crippen LogP contribution in [0.15, 0.2) is 24.3 Å². The number of nitrogens with zero attached hydrogens (tertiary/aromatic N) is 3. The first-order valence-electron chi connectivity index (χ1n) is 13.3. The lowest BCUT2D eigenvalue weighted by molar-refractivity contribution is -0.175. The predicted molar refractivity (Wildman–Crippen MR) is 130 cm³/mol. The van der Waals surface area contributed by atoms with Gasteiger partial charge >= 0.3 is 12.1 Å². The van der Waals surface area contributed by atoms with Crippen LogP contribution in [0.4, 0.5) is 23.2 Å². The van der Waals surface area contributed by atoms with Crippen LogP contribution < -0.4 is 10.6 Å². The van der Waals surface area contributed by atoms with Gasteiger partial charge in [-0.15, -0.1) is 0 Å². The van der Waals surface area contributed by atoms with Gasteiger partial charge in [0.1, 0.15) is 24.3 Å². The van der Waals surface area contributed by atoms with E-state index in [-0.39, 0.29) is 37.3 Å². The molecule has 2 bridgehead atoms. The summed E-state index contributed by atoms with van der Waals surface area (Å²) in [5.74, 6) is -5.53. The first-order chi connectivity index (χ1) is 18.9. The highest BCUT2D eigenvalue weighted by Crippen LogP contribution is 2.59. The summed E-state index contributed by atoms with van der Waals surface area (Å²) in [6.07, 6.45) is -5.51. The van der Waals surface area contributed by atoms with Crippen LogP contribution >= 0.6 is 0 Å². The number of carbonyl (C=O) groups excluding carboxylic acids is 4. The Morgan fingerprint density at radius 3 is 2.60 bits per heavy atom. The molecule has 9 atom stereocenters. The summed E-state index contributed by atoms with van der Waals surface area (Å²) in [6, 6.07) is 5.26. The summed E-state index contributed by atoms with van der Waals surface area (Å²) in [6.45, 7) is 1.02. The quantitative estimate of drug-likeness (QED) is 0.546. The molecule has 1 aromatic rings. The second kappa shape index (κ2) is 8.91. The number of hydrogen-bond donors (Lipinski definition) is 2. The molecule has 4 fully saturated rings. The molecule has 6 rings (SSSR count). The van der Waals surface area contributed by atoms with Crippen molar-refractivity contribution in [3.8, 4) is 6.07 Å². The van der Waals surface area contributed by atoms with Crippen molar-refractivity contribution in [2.24, 2.45) is 23.7 Å². The van der Waals surface area contributed by atoms with Gasteiger partial charge in [0.2, 0.25) is 17.7 Å². The van der Waals surface area contributed by atoms with Crippen molar-refractivity contribution in [1.29, 1.82) is 5.26 Å². The van der Waals surface area contributed by atoms with Crippen molar-refractivity contribution in [2.45, 2.75) is 62.1 Å². The Morgan fingerprint density at radius 1 is 1.18 bits per heavy atom. The number of para-hydroxylation sites is 1. The standard InChI is InChI=1S/C27H27F4N5O4/c1-12(33-25(40)27(29,30)31)22(37)35-10-16-13-6-15(18(28)7-13)20(16)21(35)23(38)36-11-26(8-14(36)9-32)17-4-2-3-5-19(17)34-24(26)39/h2-5,12-16,18,20-21H,6-8,10-11H2,1H3,(H,33,40)(H,34,39)/t12-,13-,14-,15+,16+,18+,20-,21-,26-/m0/s1. The van der Waals surface area contributed by atoms with Crippen molar-refractivity contribution in [1.82, 2.24) is 15.1 Å². The average Bonchev–Trinajstić information content (AvgIpc) is 3.69. The summed E-state index contributed by atoms with van der Waals surface area (Å²) in [7, 11) is 0. The number of nitriles is 1. The minimum Gasteiger partial charge on any atom is -0.337 e. The highest BCUT2D eigenvalue weighted by Gasteiger charge is 2.65. The second-order valence-electron chi connectivity index (χ2n) is 11.7. The van der Waals surface area contributed by atoms with E-state index in [4.69, 9.17) is 0 Å². The Kier molecular flexibility index (Phi) is 5.91. The van der Waals surface area contributed by atoms with Crippen molar-refractivity contribution >= 4 is 29.3 Å². The SMILES string of the molecule is C[C@H](NC(=O)C(F)(F)F)C(=O)N1C[C@@H]2[C@H]3C[C@@H]([C@@H]2[C@H]1C(=O)N1C[C@]2(C[C@H]1C#N)C(=O)Nc1ccccc12)[C@H](F)C3. The minimum atomic E-state index is -5.20. The molecule has 0 aromatic heterocycles. The maximum Gasteiger partial charge on any atom is 0.471 e. The van der Waals surface area contributed by atoms with E-state index < -0.39 is 65.4 Å². The number of fused-ring (bicyclic) bond motifs is 7. The van der Waals surface area contributed by atoms with E-state index in [1.807, 2.05) is 0 Å². The lowest BCUT2D eigenvalue weighted by atomic mass is 9.77. The molecule has 1 aromatic carbocycles. The molecule has 2 saturated carbocycles. The maximum atomic E-state index is 14.9. The molecule has 3 heterocycles. The van der Waals surface area contributed by atoms with Crippen molar-refractivity contribution in [2.75, 3.05) is 18.4 Å². The summed E-state index contributed by atoms with van der Waals surface area (Å²) < 4.78 is 53.5. The van der Waals surface area contributed by atoms with Crippen LogP contribution in [0.25, 0.3) is 0 Å². The zero-order chi connectivity index (χ0) is 28.7. The molecule has 2 aliphatic carbocycles. The molecule has 0 radical (unpaired) electrons. The Balaban J connectivity index is 1.33. The van der Waals surface area contributed by atoms with Crippen molar-refractivity contribution < 1.29 is 36.7 Å². The molecule has 5 aliphatic rings. The largest absolute Gasteiger partial charge is 0.471 e. The third-order valence-electron chi connectivity index (χ3n) is 9.70. The first kappa shape index (κ1) is 26.5.